The van der Waals surface area contributed by atoms with Crippen molar-refractivity contribution in [1.29, 1.82) is 0 Å². The summed E-state index contributed by atoms with van der Waals surface area (Å²) in [6.07, 6.45) is 1.48. The molecule has 0 spiro atoms. The van der Waals surface area contributed by atoms with E-state index in [9.17, 15) is 14.3 Å². The number of amides is 1. The minimum atomic E-state index is -0.596. The minimum absolute atomic E-state index is 0.138. The molecule has 122 valence electrons. The van der Waals surface area contributed by atoms with E-state index >= 15 is 0 Å². The molecule has 1 amide bonds. The van der Waals surface area contributed by atoms with E-state index in [1.165, 1.54) is 30.5 Å². The Morgan fingerprint density at radius 1 is 1.21 bits per heavy atom. The van der Waals surface area contributed by atoms with E-state index < -0.39 is 11.7 Å². The number of nitrogens with one attached hydrogen (secondary N) is 2. The minimum Gasteiger partial charge on any atom is -0.504 e. The van der Waals surface area contributed by atoms with Crippen molar-refractivity contribution in [3.05, 3.63) is 59.8 Å². The van der Waals surface area contributed by atoms with Crippen LogP contribution in [0, 0.1) is 5.82 Å². The van der Waals surface area contributed by atoms with Gasteiger partial charge in [-0.2, -0.15) is 0 Å². The van der Waals surface area contributed by atoms with Gasteiger partial charge < -0.3 is 15.7 Å². The topological polar surface area (TPSA) is 87.1 Å². The average Bonchev–Trinajstić information content (AvgIpc) is 2.58. The molecule has 2 aromatic heterocycles. The summed E-state index contributed by atoms with van der Waals surface area (Å²) in [7, 11) is 1.79. The summed E-state index contributed by atoms with van der Waals surface area (Å²) < 4.78 is 12.9. The first-order valence-electron chi connectivity index (χ1n) is 7.27. The molecular formula is C17H15FN4O2. The zero-order valence-electron chi connectivity index (χ0n) is 12.9. The standard InChI is InChI=1S/C17H15FN4O2/c1-19-9-13-5-2-10-8-20-15(16(23)14(10)21-13)17(24)22-12-6-3-11(18)4-7-12/h2-8,19,23H,9H2,1H3,(H,22,24). The lowest BCUT2D eigenvalue weighted by Crippen LogP contribution is -2.14. The van der Waals surface area contributed by atoms with E-state index in [-0.39, 0.29) is 11.4 Å². The van der Waals surface area contributed by atoms with Gasteiger partial charge in [-0.1, -0.05) is 0 Å². The molecule has 24 heavy (non-hydrogen) atoms. The van der Waals surface area contributed by atoms with Crippen molar-refractivity contribution in [2.24, 2.45) is 0 Å². The second kappa shape index (κ2) is 6.59. The molecule has 3 rings (SSSR count). The Bertz CT molecular complexity index is 897. The number of carbonyl (C=O) groups is 1. The molecular weight excluding hydrogens is 311 g/mol. The summed E-state index contributed by atoms with van der Waals surface area (Å²) in [5.74, 6) is -1.28. The predicted octanol–water partition coefficient (Wildman–Crippen LogP) is 2.45. The van der Waals surface area contributed by atoms with Crippen LogP contribution in [0.3, 0.4) is 0 Å². The highest BCUT2D eigenvalue weighted by Crippen LogP contribution is 2.26. The van der Waals surface area contributed by atoms with Crippen LogP contribution in [-0.2, 0) is 6.54 Å². The molecule has 0 atom stereocenters. The van der Waals surface area contributed by atoms with Crippen molar-refractivity contribution in [1.82, 2.24) is 15.3 Å². The lowest BCUT2D eigenvalue weighted by molar-refractivity contribution is 0.101. The summed E-state index contributed by atoms with van der Waals surface area (Å²) in [4.78, 5) is 20.7. The molecule has 0 aliphatic rings. The molecule has 0 saturated heterocycles. The van der Waals surface area contributed by atoms with Gasteiger partial charge in [0, 0.05) is 23.8 Å². The van der Waals surface area contributed by atoms with E-state index in [1.54, 1.807) is 13.1 Å². The Balaban J connectivity index is 1.94. The molecule has 2 heterocycles. The molecule has 3 N–H and O–H groups in total. The van der Waals surface area contributed by atoms with Gasteiger partial charge in [0.05, 0.1) is 5.69 Å². The van der Waals surface area contributed by atoms with Crippen LogP contribution >= 0.6 is 0 Å². The fraction of sp³-hybridized carbons (Fsp3) is 0.118. The van der Waals surface area contributed by atoms with Crippen LogP contribution in [-0.4, -0.2) is 28.0 Å². The van der Waals surface area contributed by atoms with Gasteiger partial charge in [-0.25, -0.2) is 14.4 Å². The van der Waals surface area contributed by atoms with Gasteiger partial charge in [0.15, 0.2) is 11.4 Å². The Morgan fingerprint density at radius 2 is 1.96 bits per heavy atom. The number of pyridine rings is 2. The third-order valence-electron chi connectivity index (χ3n) is 3.44. The van der Waals surface area contributed by atoms with Crippen LogP contribution in [0.5, 0.6) is 5.75 Å². The number of halogens is 1. The van der Waals surface area contributed by atoms with Gasteiger partial charge >= 0.3 is 0 Å². The Kier molecular flexibility index (Phi) is 4.35. The van der Waals surface area contributed by atoms with Gasteiger partial charge in [-0.3, -0.25) is 4.79 Å². The number of anilines is 1. The molecule has 0 aliphatic heterocycles. The molecule has 0 radical (unpaired) electrons. The van der Waals surface area contributed by atoms with Gasteiger partial charge in [0.2, 0.25) is 0 Å². The van der Waals surface area contributed by atoms with Gasteiger partial charge in [-0.05, 0) is 43.4 Å². The molecule has 7 heteroatoms. The lowest BCUT2D eigenvalue weighted by atomic mass is 10.2. The molecule has 3 aromatic rings. The monoisotopic (exact) mass is 326 g/mol. The Morgan fingerprint density at radius 3 is 2.67 bits per heavy atom. The predicted molar refractivity (Wildman–Crippen MR) is 88.3 cm³/mol. The first-order chi connectivity index (χ1) is 11.6. The highest BCUT2D eigenvalue weighted by Gasteiger charge is 2.17. The second-order valence-electron chi connectivity index (χ2n) is 5.19. The number of hydrogen-bond acceptors (Lipinski definition) is 5. The maximum Gasteiger partial charge on any atom is 0.278 e. The number of fused-ring (bicyclic) bond motifs is 1. The lowest BCUT2D eigenvalue weighted by Gasteiger charge is -2.09. The van der Waals surface area contributed by atoms with Crippen molar-refractivity contribution in [3.8, 4) is 5.75 Å². The number of nitrogens with zero attached hydrogens (tertiary/aromatic N) is 2. The SMILES string of the molecule is CNCc1ccc2cnc(C(=O)Nc3ccc(F)cc3)c(O)c2n1. The zero-order valence-corrected chi connectivity index (χ0v) is 12.9. The summed E-state index contributed by atoms with van der Waals surface area (Å²) in [6.45, 7) is 0.537. The van der Waals surface area contributed by atoms with Crippen molar-refractivity contribution in [3.63, 3.8) is 0 Å². The van der Waals surface area contributed by atoms with E-state index in [1.807, 2.05) is 6.07 Å². The zero-order chi connectivity index (χ0) is 17.1. The first-order valence-corrected chi connectivity index (χ1v) is 7.27. The van der Waals surface area contributed by atoms with E-state index in [2.05, 4.69) is 20.6 Å². The van der Waals surface area contributed by atoms with Gasteiger partial charge in [0.1, 0.15) is 11.3 Å². The van der Waals surface area contributed by atoms with Crippen molar-refractivity contribution in [2.75, 3.05) is 12.4 Å². The van der Waals surface area contributed by atoms with Crippen LogP contribution in [0.25, 0.3) is 10.9 Å². The number of rotatable bonds is 4. The highest BCUT2D eigenvalue weighted by atomic mass is 19.1. The van der Waals surface area contributed by atoms with Crippen LogP contribution < -0.4 is 10.6 Å². The largest absolute Gasteiger partial charge is 0.504 e. The smallest absolute Gasteiger partial charge is 0.278 e. The second-order valence-corrected chi connectivity index (χ2v) is 5.19. The summed E-state index contributed by atoms with van der Waals surface area (Å²) in [5, 5.41) is 16.5. The molecule has 0 unspecified atom stereocenters. The third kappa shape index (κ3) is 3.16. The van der Waals surface area contributed by atoms with Gasteiger partial charge in [-0.15, -0.1) is 0 Å². The summed E-state index contributed by atoms with van der Waals surface area (Å²) in [6, 6.07) is 8.91. The fourth-order valence-electron chi connectivity index (χ4n) is 2.28. The van der Waals surface area contributed by atoms with Crippen LogP contribution in [0.2, 0.25) is 0 Å². The molecule has 0 saturated carbocycles. The van der Waals surface area contributed by atoms with E-state index in [0.29, 0.717) is 23.1 Å². The Labute approximate surface area is 137 Å². The number of aromatic nitrogens is 2. The fourth-order valence-corrected chi connectivity index (χ4v) is 2.28. The molecule has 1 aromatic carbocycles. The number of aromatic hydroxyl groups is 1. The normalized spacial score (nSPS) is 10.8. The summed E-state index contributed by atoms with van der Waals surface area (Å²) in [5.41, 5.74) is 1.30. The van der Waals surface area contributed by atoms with Gasteiger partial charge in [0.25, 0.3) is 5.91 Å². The summed E-state index contributed by atoms with van der Waals surface area (Å²) >= 11 is 0. The molecule has 0 bridgehead atoms. The highest BCUT2D eigenvalue weighted by molar-refractivity contribution is 6.07. The molecule has 6 nitrogen and oxygen atoms in total. The molecule has 0 fully saturated rings. The Hall–Kier alpha value is -3.06. The van der Waals surface area contributed by atoms with Crippen LogP contribution in [0.15, 0.2) is 42.6 Å². The van der Waals surface area contributed by atoms with Crippen LogP contribution in [0.1, 0.15) is 16.2 Å². The van der Waals surface area contributed by atoms with Crippen LogP contribution in [0.4, 0.5) is 10.1 Å². The quantitative estimate of drug-likeness (QED) is 0.685. The van der Waals surface area contributed by atoms with E-state index in [4.69, 9.17) is 0 Å². The maximum atomic E-state index is 12.9. The third-order valence-corrected chi connectivity index (χ3v) is 3.44. The maximum absolute atomic E-state index is 12.9. The van der Waals surface area contributed by atoms with Crippen molar-refractivity contribution in [2.45, 2.75) is 6.54 Å². The average molecular weight is 326 g/mol. The van der Waals surface area contributed by atoms with E-state index in [0.717, 1.165) is 5.69 Å². The molecule has 0 aliphatic carbocycles. The van der Waals surface area contributed by atoms with Crippen molar-refractivity contribution >= 4 is 22.5 Å². The number of carbonyl (C=O) groups excluding carboxylic acids is 1. The number of benzene rings is 1. The van der Waals surface area contributed by atoms with Crippen molar-refractivity contribution < 1.29 is 14.3 Å². The first kappa shape index (κ1) is 15.8. The number of hydrogen-bond donors (Lipinski definition) is 3.